The third-order valence-corrected chi connectivity index (χ3v) is 6.87. The molecule has 0 N–H and O–H groups in total. The first kappa shape index (κ1) is 16.6. The van der Waals surface area contributed by atoms with Crippen molar-refractivity contribution >= 4 is 21.8 Å². The van der Waals surface area contributed by atoms with Crippen LogP contribution in [-0.4, -0.2) is 32.1 Å². The third-order valence-electron chi connectivity index (χ3n) is 3.51. The number of hydrogen-bond donors (Lipinski definition) is 0. The zero-order chi connectivity index (χ0) is 15.5. The molecule has 6 heteroatoms. The van der Waals surface area contributed by atoms with Crippen molar-refractivity contribution in [3.63, 3.8) is 0 Å². The van der Waals surface area contributed by atoms with Crippen molar-refractivity contribution in [1.82, 2.24) is 4.31 Å². The monoisotopic (exact) mass is 329 g/mol. The Morgan fingerprint density at radius 3 is 2.67 bits per heavy atom. The Kier molecular flexibility index (Phi) is 5.57. The Morgan fingerprint density at radius 2 is 2.05 bits per heavy atom. The highest BCUT2D eigenvalue weighted by Gasteiger charge is 2.37. The van der Waals surface area contributed by atoms with E-state index in [-0.39, 0.29) is 0 Å². The molecule has 1 aromatic carbocycles. The average Bonchev–Trinajstić information content (AvgIpc) is 2.73. The number of rotatable bonds is 7. The van der Waals surface area contributed by atoms with Crippen molar-refractivity contribution in [2.45, 2.75) is 49.4 Å². The highest BCUT2D eigenvalue weighted by atomic mass is 32.2. The van der Waals surface area contributed by atoms with Gasteiger partial charge in [-0.25, -0.2) is 8.42 Å². The van der Waals surface area contributed by atoms with Crippen molar-refractivity contribution in [2.75, 3.05) is 19.4 Å². The summed E-state index contributed by atoms with van der Waals surface area (Å²) in [6.07, 6.45) is 2.89. The summed E-state index contributed by atoms with van der Waals surface area (Å²) >= 11 is 1.60. The predicted octanol–water partition coefficient (Wildman–Crippen LogP) is 3.50. The van der Waals surface area contributed by atoms with Crippen molar-refractivity contribution in [2.24, 2.45) is 0 Å². The second-order valence-corrected chi connectivity index (χ2v) is 8.17. The molecule has 0 aliphatic carbocycles. The van der Waals surface area contributed by atoms with Gasteiger partial charge < -0.3 is 4.74 Å². The van der Waals surface area contributed by atoms with E-state index in [2.05, 4.69) is 13.8 Å². The molecule has 1 aromatic rings. The summed E-state index contributed by atoms with van der Waals surface area (Å²) in [7, 11) is -1.73. The van der Waals surface area contributed by atoms with Crippen LogP contribution in [0.25, 0.3) is 0 Å². The van der Waals surface area contributed by atoms with E-state index in [0.717, 1.165) is 41.2 Å². The van der Waals surface area contributed by atoms with Gasteiger partial charge in [0.05, 0.1) is 7.11 Å². The van der Waals surface area contributed by atoms with Crippen LogP contribution in [0.3, 0.4) is 0 Å². The fraction of sp³-hybridized carbons (Fsp3) is 0.600. The fourth-order valence-electron chi connectivity index (χ4n) is 2.42. The molecule has 1 heterocycles. The summed E-state index contributed by atoms with van der Waals surface area (Å²) in [5.41, 5.74) is 0.865. The first-order valence-corrected chi connectivity index (χ1v) is 9.81. The summed E-state index contributed by atoms with van der Waals surface area (Å²) < 4.78 is 32.4. The number of fused-ring (bicyclic) bond motifs is 1. The van der Waals surface area contributed by atoms with Crippen molar-refractivity contribution in [3.05, 3.63) is 17.7 Å². The zero-order valence-corrected chi connectivity index (χ0v) is 14.5. The maximum absolute atomic E-state index is 12.7. The quantitative estimate of drug-likeness (QED) is 0.718. The predicted molar refractivity (Wildman–Crippen MR) is 86.5 cm³/mol. The molecule has 0 unspecified atom stereocenters. The topological polar surface area (TPSA) is 46.6 Å². The number of ether oxygens (including phenoxy) is 1. The molecule has 0 fully saturated rings. The van der Waals surface area contributed by atoms with Gasteiger partial charge in [0, 0.05) is 18.0 Å². The van der Waals surface area contributed by atoms with Gasteiger partial charge in [-0.05, 0) is 36.3 Å². The summed E-state index contributed by atoms with van der Waals surface area (Å²) in [6, 6.07) is 3.70. The molecule has 2 rings (SSSR count). The molecule has 0 amide bonds. The normalized spacial score (nSPS) is 16.9. The van der Waals surface area contributed by atoms with Gasteiger partial charge in [-0.1, -0.05) is 20.3 Å². The lowest BCUT2D eigenvalue weighted by Crippen LogP contribution is -2.25. The third kappa shape index (κ3) is 3.38. The van der Waals surface area contributed by atoms with Gasteiger partial charge in [0.2, 0.25) is 10.0 Å². The van der Waals surface area contributed by atoms with Crippen molar-refractivity contribution in [3.8, 4) is 5.75 Å². The molecule has 0 atom stereocenters. The minimum atomic E-state index is -3.35. The summed E-state index contributed by atoms with van der Waals surface area (Å²) in [4.78, 5) is 1.32. The van der Waals surface area contributed by atoms with E-state index < -0.39 is 10.0 Å². The Bertz CT molecular complexity index is 599. The lowest BCUT2D eigenvalue weighted by atomic mass is 10.2. The summed E-state index contributed by atoms with van der Waals surface area (Å²) in [6.45, 7) is 5.22. The first-order valence-electron chi connectivity index (χ1n) is 7.38. The number of benzene rings is 1. The number of thioether (sulfide) groups is 1. The summed E-state index contributed by atoms with van der Waals surface area (Å²) in [5.74, 6) is 1.64. The van der Waals surface area contributed by atoms with Crippen LogP contribution in [0.2, 0.25) is 0 Å². The molecule has 21 heavy (non-hydrogen) atoms. The number of hydrogen-bond acceptors (Lipinski definition) is 4. The number of unbranched alkanes of at least 4 members (excludes halogenated alkanes) is 1. The molecule has 0 saturated heterocycles. The molecule has 1 aliphatic heterocycles. The minimum absolute atomic E-state index is 0.467. The van der Waals surface area contributed by atoms with Gasteiger partial charge in [-0.3, -0.25) is 0 Å². The molecule has 118 valence electrons. The molecular formula is C15H23NO3S2. The molecule has 0 aromatic heterocycles. The van der Waals surface area contributed by atoms with Gasteiger partial charge in [0.1, 0.15) is 10.6 Å². The van der Waals surface area contributed by atoms with Crippen LogP contribution in [0, 0.1) is 0 Å². The Balaban J connectivity index is 2.42. The van der Waals surface area contributed by atoms with E-state index in [0.29, 0.717) is 18.0 Å². The van der Waals surface area contributed by atoms with Crippen LogP contribution >= 0.6 is 11.8 Å². The van der Waals surface area contributed by atoms with Gasteiger partial charge in [-0.2, -0.15) is 4.31 Å². The smallest absolute Gasteiger partial charge is 0.244 e. The Hall–Kier alpha value is -0.720. The average molecular weight is 329 g/mol. The van der Waals surface area contributed by atoms with E-state index in [9.17, 15) is 8.42 Å². The van der Waals surface area contributed by atoms with Gasteiger partial charge >= 0.3 is 0 Å². The highest BCUT2D eigenvalue weighted by Crippen LogP contribution is 2.40. The van der Waals surface area contributed by atoms with Crippen LogP contribution in [0.1, 0.15) is 38.7 Å². The number of nitrogens with zero attached hydrogens (tertiary/aromatic N) is 1. The van der Waals surface area contributed by atoms with E-state index in [1.54, 1.807) is 23.2 Å². The lowest BCUT2D eigenvalue weighted by molar-refractivity contribution is 0.406. The van der Waals surface area contributed by atoms with Crippen LogP contribution in [0.5, 0.6) is 5.75 Å². The summed E-state index contributed by atoms with van der Waals surface area (Å²) in [5, 5.41) is 0. The first-order chi connectivity index (χ1) is 10.0. The molecule has 0 bridgehead atoms. The van der Waals surface area contributed by atoms with Gasteiger partial charge in [0.25, 0.3) is 0 Å². The molecule has 0 radical (unpaired) electrons. The zero-order valence-electron chi connectivity index (χ0n) is 12.9. The Labute approximate surface area is 131 Å². The second-order valence-electron chi connectivity index (χ2n) is 5.15. The molecule has 4 nitrogen and oxygen atoms in total. The van der Waals surface area contributed by atoms with Gasteiger partial charge in [0.15, 0.2) is 0 Å². The van der Waals surface area contributed by atoms with Crippen LogP contribution < -0.4 is 4.74 Å². The minimum Gasteiger partial charge on any atom is -0.497 e. The highest BCUT2D eigenvalue weighted by molar-refractivity contribution is 8.00. The number of sulfonamides is 1. The molecule has 0 saturated carbocycles. The van der Waals surface area contributed by atoms with E-state index in [1.807, 2.05) is 12.1 Å². The van der Waals surface area contributed by atoms with Crippen LogP contribution in [-0.2, 0) is 16.6 Å². The van der Waals surface area contributed by atoms with Crippen molar-refractivity contribution in [1.29, 1.82) is 0 Å². The van der Waals surface area contributed by atoms with E-state index >= 15 is 0 Å². The van der Waals surface area contributed by atoms with E-state index in [1.165, 1.54) is 0 Å². The van der Waals surface area contributed by atoms with Crippen molar-refractivity contribution < 1.29 is 13.2 Å². The lowest BCUT2D eigenvalue weighted by Gasteiger charge is -2.14. The Morgan fingerprint density at radius 1 is 1.29 bits per heavy atom. The fourth-order valence-corrected chi connectivity index (χ4v) is 5.50. The standard InChI is InChI=1S/C15H23NO3S2/c1-4-6-7-16-11-12-9-13(19-3)10-14(20-8-5-2)15(12)21(16,17)18/h9-10H,4-8,11H2,1-3H3. The maximum atomic E-state index is 12.7. The maximum Gasteiger partial charge on any atom is 0.244 e. The second kappa shape index (κ2) is 7.03. The van der Waals surface area contributed by atoms with Gasteiger partial charge in [-0.15, -0.1) is 11.8 Å². The van der Waals surface area contributed by atoms with E-state index in [4.69, 9.17) is 4.74 Å². The number of methoxy groups -OCH3 is 1. The molecule has 1 aliphatic rings. The largest absolute Gasteiger partial charge is 0.497 e. The van der Waals surface area contributed by atoms with Crippen LogP contribution in [0.15, 0.2) is 21.9 Å². The van der Waals surface area contributed by atoms with Crippen LogP contribution in [0.4, 0.5) is 0 Å². The molecule has 0 spiro atoms. The molecular weight excluding hydrogens is 306 g/mol. The SMILES string of the molecule is CCCCN1Cc2cc(OC)cc(SCCC)c2S1(=O)=O.